The summed E-state index contributed by atoms with van der Waals surface area (Å²) in [4.78, 5) is 14.3. The number of furan rings is 1. The van der Waals surface area contributed by atoms with Gasteiger partial charge in [-0.05, 0) is 56.0 Å². The van der Waals surface area contributed by atoms with Gasteiger partial charge in [-0.2, -0.15) is 0 Å². The lowest BCUT2D eigenvalue weighted by Crippen LogP contribution is -2.29. The molecule has 1 heterocycles. The lowest BCUT2D eigenvalue weighted by atomic mass is 10.1. The van der Waals surface area contributed by atoms with Gasteiger partial charge in [0.15, 0.2) is 5.76 Å². The minimum absolute atomic E-state index is 0.182. The fourth-order valence-electron chi connectivity index (χ4n) is 2.64. The van der Waals surface area contributed by atoms with Crippen LogP contribution in [-0.4, -0.2) is 23.4 Å². The molecule has 0 aliphatic rings. The lowest BCUT2D eigenvalue weighted by molar-refractivity contribution is 0.0919. The zero-order chi connectivity index (χ0) is 19.1. The van der Waals surface area contributed by atoms with Gasteiger partial charge in [0.1, 0.15) is 11.6 Å². The summed E-state index contributed by atoms with van der Waals surface area (Å²) >= 11 is 0. The first-order chi connectivity index (χ1) is 12.3. The molecule has 0 atom stereocenters. The van der Waals surface area contributed by atoms with Gasteiger partial charge in [-0.3, -0.25) is 9.69 Å². The molecule has 26 heavy (non-hydrogen) atoms. The molecule has 0 saturated heterocycles. The van der Waals surface area contributed by atoms with E-state index in [0.717, 1.165) is 17.7 Å². The van der Waals surface area contributed by atoms with E-state index in [9.17, 15) is 9.18 Å². The van der Waals surface area contributed by atoms with Crippen molar-refractivity contribution in [1.82, 2.24) is 10.2 Å². The van der Waals surface area contributed by atoms with Crippen LogP contribution in [0.5, 0.6) is 0 Å². The van der Waals surface area contributed by atoms with Crippen LogP contribution in [0, 0.1) is 11.7 Å². The van der Waals surface area contributed by atoms with Crippen molar-refractivity contribution in [2.24, 2.45) is 5.92 Å². The highest BCUT2D eigenvalue weighted by Crippen LogP contribution is 2.16. The number of benzene rings is 1. The molecule has 0 bridgehead atoms. The largest absolute Gasteiger partial charge is 0.455 e. The van der Waals surface area contributed by atoms with E-state index in [2.05, 4.69) is 37.9 Å². The summed E-state index contributed by atoms with van der Waals surface area (Å²) < 4.78 is 19.1. The van der Waals surface area contributed by atoms with Gasteiger partial charge in [-0.15, -0.1) is 0 Å². The Labute approximate surface area is 155 Å². The molecule has 2 aromatic rings. The zero-order valence-corrected chi connectivity index (χ0v) is 16.1. The van der Waals surface area contributed by atoms with Crippen molar-refractivity contribution in [1.29, 1.82) is 0 Å². The maximum Gasteiger partial charge on any atom is 0.286 e. The Morgan fingerprint density at radius 1 is 1.15 bits per heavy atom. The third-order valence-corrected chi connectivity index (χ3v) is 4.26. The third kappa shape index (κ3) is 6.30. The second kappa shape index (κ2) is 9.53. The van der Waals surface area contributed by atoms with Gasteiger partial charge in [0.05, 0.1) is 6.54 Å². The van der Waals surface area contributed by atoms with Crippen molar-refractivity contribution in [3.8, 4) is 0 Å². The maximum atomic E-state index is 13.4. The second-order valence-corrected chi connectivity index (χ2v) is 7.33. The van der Waals surface area contributed by atoms with Crippen LogP contribution in [0.4, 0.5) is 4.39 Å². The second-order valence-electron chi connectivity index (χ2n) is 7.33. The number of carbonyl (C=O) groups is 1. The van der Waals surface area contributed by atoms with E-state index in [1.165, 1.54) is 6.07 Å². The smallest absolute Gasteiger partial charge is 0.286 e. The van der Waals surface area contributed by atoms with E-state index in [1.54, 1.807) is 18.2 Å². The number of carbonyl (C=O) groups excluding carboxylic acids is 1. The number of hydrogen-bond acceptors (Lipinski definition) is 3. The Morgan fingerprint density at radius 2 is 1.92 bits per heavy atom. The van der Waals surface area contributed by atoms with E-state index in [0.29, 0.717) is 31.3 Å². The number of nitrogens with zero attached hydrogens (tertiary/aromatic N) is 1. The number of halogens is 1. The van der Waals surface area contributed by atoms with E-state index in [4.69, 9.17) is 4.42 Å². The van der Waals surface area contributed by atoms with Gasteiger partial charge < -0.3 is 9.73 Å². The Bertz CT molecular complexity index is 710. The van der Waals surface area contributed by atoms with Gasteiger partial charge >= 0.3 is 0 Å². The van der Waals surface area contributed by atoms with Crippen LogP contribution < -0.4 is 5.32 Å². The standard InChI is InChI=1S/C21H29FN2O2/c1-15(2)10-11-23-21(25)20-9-8-19(26-20)14-24(16(3)4)13-17-6-5-7-18(22)12-17/h5-9,12,15-16H,10-11,13-14H2,1-4H3,(H,23,25). The summed E-state index contributed by atoms with van der Waals surface area (Å²) in [5, 5.41) is 2.88. The molecule has 0 unspecified atom stereocenters. The van der Waals surface area contributed by atoms with E-state index in [1.807, 2.05) is 12.1 Å². The van der Waals surface area contributed by atoms with E-state index in [-0.39, 0.29) is 17.8 Å². The number of nitrogens with one attached hydrogen (secondary N) is 1. The van der Waals surface area contributed by atoms with Crippen molar-refractivity contribution < 1.29 is 13.6 Å². The molecule has 0 spiro atoms. The van der Waals surface area contributed by atoms with E-state index >= 15 is 0 Å². The van der Waals surface area contributed by atoms with Gasteiger partial charge in [0, 0.05) is 19.1 Å². The number of rotatable bonds is 9. The van der Waals surface area contributed by atoms with Crippen molar-refractivity contribution in [3.05, 3.63) is 59.3 Å². The van der Waals surface area contributed by atoms with E-state index < -0.39 is 0 Å². The van der Waals surface area contributed by atoms with Crippen molar-refractivity contribution in [2.75, 3.05) is 6.54 Å². The molecule has 0 aliphatic heterocycles. The molecule has 2 rings (SSSR count). The molecule has 1 aromatic carbocycles. The average Bonchev–Trinajstić information content (AvgIpc) is 3.02. The van der Waals surface area contributed by atoms with Gasteiger partial charge in [0.25, 0.3) is 5.91 Å². The van der Waals surface area contributed by atoms with Crippen LogP contribution in [0.3, 0.4) is 0 Å². The van der Waals surface area contributed by atoms with Crippen LogP contribution >= 0.6 is 0 Å². The first kappa shape index (κ1) is 20.2. The SMILES string of the molecule is CC(C)CCNC(=O)c1ccc(CN(Cc2cccc(F)c2)C(C)C)o1. The maximum absolute atomic E-state index is 13.4. The van der Waals surface area contributed by atoms with Crippen LogP contribution in [-0.2, 0) is 13.1 Å². The Morgan fingerprint density at radius 3 is 2.58 bits per heavy atom. The molecule has 1 amide bonds. The van der Waals surface area contributed by atoms with Crippen molar-refractivity contribution in [2.45, 2.75) is 53.2 Å². The molecular formula is C21H29FN2O2. The van der Waals surface area contributed by atoms with Crippen molar-refractivity contribution in [3.63, 3.8) is 0 Å². The Hall–Kier alpha value is -2.14. The fourth-order valence-corrected chi connectivity index (χ4v) is 2.64. The van der Waals surface area contributed by atoms with Crippen LogP contribution in [0.25, 0.3) is 0 Å². The van der Waals surface area contributed by atoms with Gasteiger partial charge in [0.2, 0.25) is 0 Å². The quantitative estimate of drug-likeness (QED) is 0.710. The predicted octanol–water partition coefficient (Wildman–Crippen LogP) is 4.61. The Kier molecular flexibility index (Phi) is 7.39. The molecular weight excluding hydrogens is 331 g/mol. The van der Waals surface area contributed by atoms with Gasteiger partial charge in [-0.25, -0.2) is 4.39 Å². The lowest BCUT2D eigenvalue weighted by Gasteiger charge is -2.25. The number of hydrogen-bond donors (Lipinski definition) is 1. The molecule has 1 aromatic heterocycles. The average molecular weight is 360 g/mol. The Balaban J connectivity index is 1.97. The topological polar surface area (TPSA) is 45.5 Å². The number of amides is 1. The molecule has 0 radical (unpaired) electrons. The minimum atomic E-state index is -0.232. The summed E-state index contributed by atoms with van der Waals surface area (Å²) in [7, 11) is 0. The zero-order valence-electron chi connectivity index (χ0n) is 16.1. The summed E-state index contributed by atoms with van der Waals surface area (Å²) in [6.07, 6.45) is 0.939. The summed E-state index contributed by atoms with van der Waals surface area (Å²) in [6, 6.07) is 10.4. The molecule has 0 aliphatic carbocycles. The highest BCUT2D eigenvalue weighted by Gasteiger charge is 2.16. The highest BCUT2D eigenvalue weighted by molar-refractivity contribution is 5.91. The molecule has 1 N–H and O–H groups in total. The highest BCUT2D eigenvalue weighted by atomic mass is 19.1. The third-order valence-electron chi connectivity index (χ3n) is 4.26. The molecule has 0 fully saturated rings. The first-order valence-corrected chi connectivity index (χ1v) is 9.20. The summed E-state index contributed by atoms with van der Waals surface area (Å²) in [5.41, 5.74) is 0.914. The minimum Gasteiger partial charge on any atom is -0.455 e. The normalized spacial score (nSPS) is 11.5. The van der Waals surface area contributed by atoms with Crippen LogP contribution in [0.2, 0.25) is 0 Å². The summed E-state index contributed by atoms with van der Waals surface area (Å²) in [5.74, 6) is 1.19. The fraction of sp³-hybridized carbons (Fsp3) is 0.476. The van der Waals surface area contributed by atoms with Crippen LogP contribution in [0.15, 0.2) is 40.8 Å². The van der Waals surface area contributed by atoms with Crippen LogP contribution in [0.1, 0.15) is 56.0 Å². The van der Waals surface area contributed by atoms with Crippen molar-refractivity contribution >= 4 is 5.91 Å². The first-order valence-electron chi connectivity index (χ1n) is 9.20. The monoisotopic (exact) mass is 360 g/mol. The predicted molar refractivity (Wildman–Crippen MR) is 101 cm³/mol. The molecule has 0 saturated carbocycles. The molecule has 5 heteroatoms. The van der Waals surface area contributed by atoms with Gasteiger partial charge in [-0.1, -0.05) is 26.0 Å². The molecule has 4 nitrogen and oxygen atoms in total. The summed E-state index contributed by atoms with van der Waals surface area (Å²) in [6.45, 7) is 10.2. The molecule has 142 valence electrons.